The molecule has 1 aliphatic rings. The standard InChI is InChI=1S/C24H38NO2.ClH/c1-3-4-5-12-19-27-24(26)21-25(16-10-7-11-17-25)18-15-22(2)20-23-13-8-6-9-14-23;/h6,8-9,13-15H,3-5,7,10-12,16-21H2,1-2H3;1H/q+1;/p-1/b22-15-;. The highest BCUT2D eigenvalue weighted by atomic mass is 35.5. The highest BCUT2D eigenvalue weighted by molar-refractivity contribution is 5.70. The lowest BCUT2D eigenvalue weighted by molar-refractivity contribution is -0.920. The van der Waals surface area contributed by atoms with Gasteiger partial charge in [-0.3, -0.25) is 0 Å². The first kappa shape index (κ1) is 24.7. The number of hydrogen-bond acceptors (Lipinski definition) is 2. The molecule has 2 rings (SSSR count). The molecule has 1 fully saturated rings. The number of nitrogens with zero attached hydrogens (tertiary/aromatic N) is 1. The summed E-state index contributed by atoms with van der Waals surface area (Å²) in [4.78, 5) is 12.4. The molecule has 0 aromatic heterocycles. The molecule has 28 heavy (non-hydrogen) atoms. The molecule has 0 aliphatic carbocycles. The minimum Gasteiger partial charge on any atom is -1.00 e. The number of unbranched alkanes of at least 4 members (excludes halogenated alkanes) is 3. The number of allylic oxidation sites excluding steroid dienone is 1. The fourth-order valence-corrected chi connectivity index (χ4v) is 3.96. The van der Waals surface area contributed by atoms with Crippen molar-refractivity contribution in [3.63, 3.8) is 0 Å². The van der Waals surface area contributed by atoms with Crippen LogP contribution in [0.5, 0.6) is 0 Å². The highest BCUT2D eigenvalue weighted by Gasteiger charge is 2.32. The van der Waals surface area contributed by atoms with Crippen molar-refractivity contribution in [3.8, 4) is 0 Å². The minimum absolute atomic E-state index is 0. The normalized spacial score (nSPS) is 16.3. The van der Waals surface area contributed by atoms with Crippen LogP contribution >= 0.6 is 0 Å². The Morgan fingerprint density at radius 1 is 1.07 bits per heavy atom. The van der Waals surface area contributed by atoms with Crippen LogP contribution in [0.1, 0.15) is 64.4 Å². The van der Waals surface area contributed by atoms with E-state index < -0.39 is 0 Å². The third-order valence-electron chi connectivity index (χ3n) is 5.64. The summed E-state index contributed by atoms with van der Waals surface area (Å²) in [5.41, 5.74) is 2.74. The molecule has 0 saturated carbocycles. The number of quaternary nitrogens is 1. The molecule has 1 saturated heterocycles. The Bertz CT molecular complexity index is 580. The second-order valence-corrected chi connectivity index (χ2v) is 8.18. The van der Waals surface area contributed by atoms with Crippen molar-refractivity contribution >= 4 is 5.97 Å². The highest BCUT2D eigenvalue weighted by Crippen LogP contribution is 2.20. The zero-order valence-corrected chi connectivity index (χ0v) is 18.6. The molecule has 3 nitrogen and oxygen atoms in total. The van der Waals surface area contributed by atoms with Crippen LogP contribution in [0.3, 0.4) is 0 Å². The molecule has 0 N–H and O–H groups in total. The minimum atomic E-state index is -0.0116. The Labute approximate surface area is 178 Å². The van der Waals surface area contributed by atoms with E-state index in [9.17, 15) is 4.79 Å². The van der Waals surface area contributed by atoms with E-state index in [0.29, 0.717) is 13.2 Å². The maximum Gasteiger partial charge on any atom is 0.361 e. The molecule has 1 aromatic carbocycles. The van der Waals surface area contributed by atoms with Gasteiger partial charge in [0.25, 0.3) is 0 Å². The molecule has 158 valence electrons. The van der Waals surface area contributed by atoms with E-state index in [-0.39, 0.29) is 18.4 Å². The Kier molecular flexibility index (Phi) is 12.2. The molecule has 0 atom stereocenters. The summed E-state index contributed by atoms with van der Waals surface area (Å²) < 4.78 is 6.42. The summed E-state index contributed by atoms with van der Waals surface area (Å²) in [5.74, 6) is -0.0116. The number of carbonyl (C=O) groups is 1. The number of rotatable bonds is 11. The molecule has 4 heteroatoms. The van der Waals surface area contributed by atoms with Gasteiger partial charge in [0.2, 0.25) is 0 Å². The Balaban J connectivity index is 0.00000392. The second kappa shape index (κ2) is 13.8. The molecule has 0 bridgehead atoms. The van der Waals surface area contributed by atoms with E-state index in [1.165, 1.54) is 43.2 Å². The van der Waals surface area contributed by atoms with Crippen LogP contribution < -0.4 is 12.4 Å². The summed E-state index contributed by atoms with van der Waals surface area (Å²) in [7, 11) is 0. The first-order chi connectivity index (χ1) is 13.1. The van der Waals surface area contributed by atoms with Gasteiger partial charge in [-0.05, 0) is 50.7 Å². The van der Waals surface area contributed by atoms with Crippen molar-refractivity contribution in [2.45, 2.75) is 65.2 Å². The van der Waals surface area contributed by atoms with Gasteiger partial charge in [-0.1, -0.05) is 62.1 Å². The second-order valence-electron chi connectivity index (χ2n) is 8.18. The van der Waals surface area contributed by atoms with Crippen LogP contribution in [0.4, 0.5) is 0 Å². The van der Waals surface area contributed by atoms with E-state index in [1.54, 1.807) is 0 Å². The van der Waals surface area contributed by atoms with E-state index in [0.717, 1.165) is 43.4 Å². The van der Waals surface area contributed by atoms with Crippen LogP contribution in [0, 0.1) is 0 Å². The van der Waals surface area contributed by atoms with E-state index >= 15 is 0 Å². The monoisotopic (exact) mass is 407 g/mol. The molecule has 0 amide bonds. The molecule has 0 unspecified atom stereocenters. The summed E-state index contributed by atoms with van der Waals surface area (Å²) in [6, 6.07) is 10.6. The molecule has 0 spiro atoms. The lowest BCUT2D eigenvalue weighted by Crippen LogP contribution is -3.00. The predicted octanol–water partition coefficient (Wildman–Crippen LogP) is 2.30. The van der Waals surface area contributed by atoms with Crippen molar-refractivity contribution in [1.29, 1.82) is 0 Å². The number of ether oxygens (including phenoxy) is 1. The Morgan fingerprint density at radius 3 is 2.46 bits per heavy atom. The molecular formula is C24H38ClNO2. The van der Waals surface area contributed by atoms with Gasteiger partial charge in [0, 0.05) is 0 Å². The van der Waals surface area contributed by atoms with Crippen molar-refractivity contribution in [2.24, 2.45) is 0 Å². The number of piperidine rings is 1. The zero-order chi connectivity index (χ0) is 19.4. The van der Waals surface area contributed by atoms with E-state index in [2.05, 4.69) is 50.3 Å². The Hall–Kier alpha value is -1.32. The number of hydrogen-bond donors (Lipinski definition) is 0. The summed E-state index contributed by atoms with van der Waals surface area (Å²) >= 11 is 0. The predicted molar refractivity (Wildman–Crippen MR) is 113 cm³/mol. The summed E-state index contributed by atoms with van der Waals surface area (Å²) in [6.07, 6.45) is 11.7. The summed E-state index contributed by atoms with van der Waals surface area (Å²) in [6.45, 7) is 8.66. The lowest BCUT2D eigenvalue weighted by Gasteiger charge is -2.40. The first-order valence-corrected chi connectivity index (χ1v) is 10.8. The van der Waals surface area contributed by atoms with Crippen LogP contribution in [0.15, 0.2) is 42.0 Å². The third-order valence-corrected chi connectivity index (χ3v) is 5.64. The number of esters is 1. The van der Waals surface area contributed by atoms with Gasteiger partial charge >= 0.3 is 5.97 Å². The number of carbonyl (C=O) groups excluding carboxylic acids is 1. The van der Waals surface area contributed by atoms with Gasteiger partial charge in [-0.25, -0.2) is 4.79 Å². The molecule has 1 aromatic rings. The SMILES string of the molecule is CCCCCCOC(=O)C[N+]1(C/C=C(/C)Cc2ccccc2)CCCCC1.[Cl-]. The fraction of sp³-hybridized carbons (Fsp3) is 0.625. The number of halogens is 1. The third kappa shape index (κ3) is 9.25. The van der Waals surface area contributed by atoms with Gasteiger partial charge in [-0.2, -0.15) is 0 Å². The number of likely N-dealkylation sites (tertiary alicyclic amines) is 1. The zero-order valence-electron chi connectivity index (χ0n) is 17.8. The summed E-state index contributed by atoms with van der Waals surface area (Å²) in [5, 5.41) is 0. The molecule has 1 heterocycles. The van der Waals surface area contributed by atoms with E-state index in [1.807, 2.05) is 0 Å². The molecule has 0 radical (unpaired) electrons. The van der Waals surface area contributed by atoms with Crippen LogP contribution in [0.2, 0.25) is 0 Å². The maximum atomic E-state index is 12.4. The fourth-order valence-electron chi connectivity index (χ4n) is 3.96. The van der Waals surface area contributed by atoms with E-state index in [4.69, 9.17) is 4.74 Å². The van der Waals surface area contributed by atoms with Crippen molar-refractivity contribution in [1.82, 2.24) is 0 Å². The topological polar surface area (TPSA) is 26.3 Å². The molecular weight excluding hydrogens is 370 g/mol. The van der Waals surface area contributed by atoms with Gasteiger partial charge < -0.3 is 21.6 Å². The number of benzene rings is 1. The van der Waals surface area contributed by atoms with Gasteiger partial charge in [0.15, 0.2) is 6.54 Å². The van der Waals surface area contributed by atoms with Crippen LogP contribution in [-0.2, 0) is 16.0 Å². The van der Waals surface area contributed by atoms with Crippen LogP contribution in [-0.4, -0.2) is 43.2 Å². The Morgan fingerprint density at radius 2 is 1.79 bits per heavy atom. The quantitative estimate of drug-likeness (QED) is 0.243. The van der Waals surface area contributed by atoms with Gasteiger partial charge in [-0.15, -0.1) is 0 Å². The lowest BCUT2D eigenvalue weighted by atomic mass is 10.0. The smallest absolute Gasteiger partial charge is 0.361 e. The van der Waals surface area contributed by atoms with Gasteiger partial charge in [0.05, 0.1) is 26.2 Å². The average molecular weight is 408 g/mol. The van der Waals surface area contributed by atoms with Gasteiger partial charge in [0.1, 0.15) is 0 Å². The van der Waals surface area contributed by atoms with Crippen molar-refractivity contribution < 1.29 is 26.4 Å². The average Bonchev–Trinajstić information content (AvgIpc) is 2.68. The maximum absolute atomic E-state index is 12.4. The van der Waals surface area contributed by atoms with Crippen LogP contribution in [0.25, 0.3) is 0 Å². The van der Waals surface area contributed by atoms with Crippen molar-refractivity contribution in [3.05, 3.63) is 47.5 Å². The van der Waals surface area contributed by atoms with Crippen molar-refractivity contribution in [2.75, 3.05) is 32.8 Å². The largest absolute Gasteiger partial charge is 1.00 e. The molecule has 1 aliphatic heterocycles. The first-order valence-electron chi connectivity index (χ1n) is 10.8.